The summed E-state index contributed by atoms with van der Waals surface area (Å²) in [5.41, 5.74) is 1.18. The molecule has 1 fully saturated rings. The molecule has 10 heteroatoms. The molecular weight excluding hydrogens is 456 g/mol. The molecule has 4 rings (SSSR count). The first-order valence-corrected chi connectivity index (χ1v) is 11.5. The zero-order chi connectivity index (χ0) is 23.9. The van der Waals surface area contributed by atoms with Crippen molar-refractivity contribution in [3.63, 3.8) is 0 Å². The van der Waals surface area contributed by atoms with Gasteiger partial charge >= 0.3 is 0 Å². The molecule has 178 valence electrons. The van der Waals surface area contributed by atoms with Crippen LogP contribution in [-0.2, 0) is 11.4 Å². The lowest BCUT2D eigenvalue weighted by molar-refractivity contribution is -0.130. The Kier molecular flexibility index (Phi) is 7.76. The van der Waals surface area contributed by atoms with E-state index in [0.29, 0.717) is 16.5 Å². The maximum absolute atomic E-state index is 12.6. The summed E-state index contributed by atoms with van der Waals surface area (Å²) < 4.78 is 7.18. The smallest absolute Gasteiger partial charge is 0.258 e. The molecule has 0 unspecified atom stereocenters. The lowest BCUT2D eigenvalue weighted by Gasteiger charge is -2.34. The van der Waals surface area contributed by atoms with Gasteiger partial charge in [-0.25, -0.2) is 4.98 Å². The molecule has 1 aliphatic heterocycles. The standard InChI is InChI=1S/C24H27ClN6O3/c1-18(32)30-12-10-29(11-13-30)9-7-26-23-5-4-21(16-28-23)31-8-6-22(14-24(31)33)34-17-20-3-2-19(25)15-27-20/h2-6,8,14-16H,7,9-13,17H2,1H3,(H,26,28). The largest absolute Gasteiger partial charge is 0.487 e. The highest BCUT2D eigenvalue weighted by Gasteiger charge is 2.17. The van der Waals surface area contributed by atoms with Crippen LogP contribution in [0.1, 0.15) is 12.6 Å². The van der Waals surface area contributed by atoms with Crippen LogP contribution >= 0.6 is 11.6 Å². The zero-order valence-electron chi connectivity index (χ0n) is 19.0. The third-order valence-corrected chi connectivity index (χ3v) is 5.87. The maximum Gasteiger partial charge on any atom is 0.258 e. The van der Waals surface area contributed by atoms with E-state index in [1.165, 1.54) is 10.6 Å². The summed E-state index contributed by atoms with van der Waals surface area (Å²) >= 11 is 5.84. The number of aromatic nitrogens is 3. The van der Waals surface area contributed by atoms with E-state index >= 15 is 0 Å². The highest BCUT2D eigenvalue weighted by Crippen LogP contribution is 2.13. The van der Waals surface area contributed by atoms with Crippen molar-refractivity contribution < 1.29 is 9.53 Å². The third-order valence-electron chi connectivity index (χ3n) is 5.64. The average molecular weight is 483 g/mol. The van der Waals surface area contributed by atoms with Gasteiger partial charge in [-0.3, -0.25) is 24.0 Å². The number of rotatable bonds is 8. The predicted octanol–water partition coefficient (Wildman–Crippen LogP) is 2.44. The molecule has 0 saturated carbocycles. The van der Waals surface area contributed by atoms with Crippen LogP contribution in [0.15, 0.2) is 59.8 Å². The van der Waals surface area contributed by atoms with E-state index in [9.17, 15) is 9.59 Å². The van der Waals surface area contributed by atoms with Crippen LogP contribution in [0, 0.1) is 0 Å². The van der Waals surface area contributed by atoms with Crippen LogP contribution < -0.4 is 15.6 Å². The predicted molar refractivity (Wildman–Crippen MR) is 131 cm³/mol. The summed E-state index contributed by atoms with van der Waals surface area (Å²) in [4.78, 5) is 36.8. The summed E-state index contributed by atoms with van der Waals surface area (Å²) in [6.45, 7) is 6.80. The Morgan fingerprint density at radius 1 is 1.09 bits per heavy atom. The average Bonchev–Trinajstić information content (AvgIpc) is 2.85. The van der Waals surface area contributed by atoms with Gasteiger partial charge in [-0.1, -0.05) is 11.6 Å². The number of piperazine rings is 1. The normalized spacial score (nSPS) is 14.1. The van der Waals surface area contributed by atoms with E-state index in [1.54, 1.807) is 43.7 Å². The Morgan fingerprint density at radius 3 is 2.56 bits per heavy atom. The summed E-state index contributed by atoms with van der Waals surface area (Å²) in [5.74, 6) is 1.35. The molecule has 0 atom stereocenters. The second kappa shape index (κ2) is 11.1. The summed E-state index contributed by atoms with van der Waals surface area (Å²) in [6, 6.07) is 10.4. The highest BCUT2D eigenvalue weighted by molar-refractivity contribution is 6.30. The van der Waals surface area contributed by atoms with Crippen molar-refractivity contribution in [2.24, 2.45) is 0 Å². The second-order valence-corrected chi connectivity index (χ2v) is 8.44. The molecule has 0 bridgehead atoms. The molecule has 1 amide bonds. The Balaban J connectivity index is 1.27. The molecule has 9 nitrogen and oxygen atoms in total. The molecule has 0 aromatic carbocycles. The third kappa shape index (κ3) is 6.33. The number of anilines is 1. The van der Waals surface area contributed by atoms with E-state index in [0.717, 1.165) is 50.8 Å². The monoisotopic (exact) mass is 482 g/mol. The zero-order valence-corrected chi connectivity index (χ0v) is 19.7. The van der Waals surface area contributed by atoms with Crippen LogP contribution in [-0.4, -0.2) is 69.5 Å². The van der Waals surface area contributed by atoms with Crippen molar-refractivity contribution >= 4 is 23.3 Å². The van der Waals surface area contributed by atoms with Gasteiger partial charge in [-0.15, -0.1) is 0 Å². The Bertz CT molecular complexity index is 1160. The molecule has 1 saturated heterocycles. The number of halogens is 1. The summed E-state index contributed by atoms with van der Waals surface area (Å²) in [7, 11) is 0. The summed E-state index contributed by atoms with van der Waals surface area (Å²) in [6.07, 6.45) is 4.88. The van der Waals surface area contributed by atoms with Crippen molar-refractivity contribution in [2.45, 2.75) is 13.5 Å². The van der Waals surface area contributed by atoms with Crippen LogP contribution in [0.5, 0.6) is 5.75 Å². The molecule has 3 aromatic rings. The number of ether oxygens (including phenoxy) is 1. The number of carbonyl (C=O) groups is 1. The van der Waals surface area contributed by atoms with Gasteiger partial charge in [0, 0.05) is 64.7 Å². The van der Waals surface area contributed by atoms with Crippen LogP contribution in [0.4, 0.5) is 5.82 Å². The maximum atomic E-state index is 12.6. The fourth-order valence-corrected chi connectivity index (χ4v) is 3.79. The number of carbonyl (C=O) groups excluding carboxylic acids is 1. The fraction of sp³-hybridized carbons (Fsp3) is 0.333. The van der Waals surface area contributed by atoms with Gasteiger partial charge in [0.15, 0.2) is 0 Å². The second-order valence-electron chi connectivity index (χ2n) is 8.00. The first-order valence-electron chi connectivity index (χ1n) is 11.1. The van der Waals surface area contributed by atoms with Gasteiger partial charge in [-0.2, -0.15) is 0 Å². The molecular formula is C24H27ClN6O3. The van der Waals surface area contributed by atoms with Crippen molar-refractivity contribution in [3.8, 4) is 11.4 Å². The minimum atomic E-state index is -0.214. The first kappa shape index (κ1) is 23.7. The van der Waals surface area contributed by atoms with E-state index < -0.39 is 0 Å². The molecule has 1 N–H and O–H groups in total. The van der Waals surface area contributed by atoms with Crippen LogP contribution in [0.3, 0.4) is 0 Å². The van der Waals surface area contributed by atoms with Crippen molar-refractivity contribution in [1.29, 1.82) is 0 Å². The minimum absolute atomic E-state index is 0.138. The van der Waals surface area contributed by atoms with Crippen molar-refractivity contribution in [3.05, 3.63) is 76.1 Å². The van der Waals surface area contributed by atoms with E-state index in [-0.39, 0.29) is 18.1 Å². The quantitative estimate of drug-likeness (QED) is 0.527. The van der Waals surface area contributed by atoms with Crippen molar-refractivity contribution in [1.82, 2.24) is 24.3 Å². The lowest BCUT2D eigenvalue weighted by atomic mass is 10.3. The van der Waals surface area contributed by atoms with Crippen LogP contribution in [0.2, 0.25) is 5.02 Å². The van der Waals surface area contributed by atoms with E-state index in [2.05, 4.69) is 20.2 Å². The molecule has 1 aliphatic rings. The number of nitrogens with one attached hydrogen (secondary N) is 1. The Labute approximate surface area is 203 Å². The van der Waals surface area contributed by atoms with Crippen molar-refractivity contribution in [2.75, 3.05) is 44.6 Å². The number of hydrogen-bond donors (Lipinski definition) is 1. The Morgan fingerprint density at radius 2 is 1.91 bits per heavy atom. The SMILES string of the molecule is CC(=O)N1CCN(CCNc2ccc(-n3ccc(OCc4ccc(Cl)cn4)cc3=O)cn2)CC1. The van der Waals surface area contributed by atoms with E-state index in [1.807, 2.05) is 17.0 Å². The fourth-order valence-electron chi connectivity index (χ4n) is 3.67. The van der Waals surface area contributed by atoms with E-state index in [4.69, 9.17) is 16.3 Å². The topological polar surface area (TPSA) is 92.6 Å². The molecule has 34 heavy (non-hydrogen) atoms. The Hall–Kier alpha value is -3.43. The number of pyridine rings is 3. The molecule has 0 radical (unpaired) electrons. The number of amides is 1. The van der Waals surface area contributed by atoms with Gasteiger partial charge in [-0.05, 0) is 30.3 Å². The van der Waals surface area contributed by atoms with Gasteiger partial charge < -0.3 is 15.0 Å². The first-order chi connectivity index (χ1) is 16.5. The summed E-state index contributed by atoms with van der Waals surface area (Å²) in [5, 5.41) is 3.87. The molecule has 3 aromatic heterocycles. The number of hydrogen-bond acceptors (Lipinski definition) is 7. The van der Waals surface area contributed by atoms with Gasteiger partial charge in [0.05, 0.1) is 22.6 Å². The van der Waals surface area contributed by atoms with Gasteiger partial charge in [0.1, 0.15) is 18.2 Å². The lowest BCUT2D eigenvalue weighted by Crippen LogP contribution is -2.49. The highest BCUT2D eigenvalue weighted by atomic mass is 35.5. The molecule has 0 spiro atoms. The molecule has 0 aliphatic carbocycles. The van der Waals surface area contributed by atoms with Gasteiger partial charge in [0.25, 0.3) is 5.56 Å². The number of nitrogens with zero attached hydrogens (tertiary/aromatic N) is 5. The minimum Gasteiger partial charge on any atom is -0.487 e. The van der Waals surface area contributed by atoms with Gasteiger partial charge in [0.2, 0.25) is 5.91 Å². The molecule has 4 heterocycles. The van der Waals surface area contributed by atoms with Crippen LogP contribution in [0.25, 0.3) is 5.69 Å².